The molecule has 0 fully saturated rings. The quantitative estimate of drug-likeness (QED) is 0.846. The van der Waals surface area contributed by atoms with Crippen molar-refractivity contribution in [3.05, 3.63) is 47.8 Å². The number of carboxylic acid groups (broad SMARTS) is 1. The number of aryl methyl sites for hydroxylation is 1. The van der Waals surface area contributed by atoms with Gasteiger partial charge < -0.3 is 10.8 Å². The Balaban J connectivity index is 2.34. The van der Waals surface area contributed by atoms with Gasteiger partial charge in [0.15, 0.2) is 0 Å². The first kappa shape index (κ1) is 12.3. The van der Waals surface area contributed by atoms with Crippen molar-refractivity contribution < 1.29 is 9.90 Å². The van der Waals surface area contributed by atoms with Crippen LogP contribution in [0.5, 0.6) is 0 Å². The second-order valence-electron chi connectivity index (χ2n) is 4.24. The third-order valence-electron chi connectivity index (χ3n) is 2.71. The van der Waals surface area contributed by atoms with E-state index in [0.717, 1.165) is 16.8 Å². The third kappa shape index (κ3) is 2.57. The van der Waals surface area contributed by atoms with Crippen LogP contribution in [-0.2, 0) is 11.2 Å². The molecule has 0 spiro atoms. The highest BCUT2D eigenvalue weighted by Gasteiger charge is 2.15. The zero-order valence-electron chi connectivity index (χ0n) is 10.1. The van der Waals surface area contributed by atoms with Gasteiger partial charge in [-0.05, 0) is 24.1 Å². The Bertz CT molecular complexity index is 563. The smallest absolute Gasteiger partial charge is 0.320 e. The number of aliphatic carboxylic acids is 1. The van der Waals surface area contributed by atoms with E-state index in [0.29, 0.717) is 0 Å². The topological polar surface area (TPSA) is 81.1 Å². The van der Waals surface area contributed by atoms with E-state index < -0.39 is 12.0 Å². The van der Waals surface area contributed by atoms with E-state index in [2.05, 4.69) is 5.10 Å². The fourth-order valence-electron chi connectivity index (χ4n) is 1.78. The highest BCUT2D eigenvalue weighted by atomic mass is 16.4. The lowest BCUT2D eigenvalue weighted by molar-refractivity contribution is -0.138. The van der Waals surface area contributed by atoms with Crippen molar-refractivity contribution in [2.75, 3.05) is 0 Å². The molecule has 2 aromatic rings. The molecular weight excluding hydrogens is 230 g/mol. The molecule has 1 heterocycles. The highest BCUT2D eigenvalue weighted by molar-refractivity contribution is 5.73. The zero-order chi connectivity index (χ0) is 13.1. The molecule has 1 aromatic carbocycles. The predicted octanol–water partition coefficient (Wildman–Crippen LogP) is 1.14. The third-order valence-corrected chi connectivity index (χ3v) is 2.71. The minimum absolute atomic E-state index is 0.282. The van der Waals surface area contributed by atoms with Gasteiger partial charge in [0.1, 0.15) is 6.04 Å². The van der Waals surface area contributed by atoms with Gasteiger partial charge >= 0.3 is 5.97 Å². The Hall–Kier alpha value is -2.14. The van der Waals surface area contributed by atoms with Crippen LogP contribution in [0.1, 0.15) is 11.1 Å². The number of carboxylic acids is 1. The number of aromatic nitrogens is 2. The molecule has 5 nitrogen and oxygen atoms in total. The summed E-state index contributed by atoms with van der Waals surface area (Å²) in [4.78, 5) is 10.8. The van der Waals surface area contributed by atoms with Crippen LogP contribution in [-0.4, -0.2) is 26.9 Å². The molecule has 2 rings (SSSR count). The van der Waals surface area contributed by atoms with Crippen molar-refractivity contribution in [2.45, 2.75) is 19.4 Å². The molecular formula is C13H15N3O2. The van der Waals surface area contributed by atoms with Crippen LogP contribution < -0.4 is 5.73 Å². The van der Waals surface area contributed by atoms with E-state index in [1.807, 2.05) is 37.4 Å². The van der Waals surface area contributed by atoms with Crippen molar-refractivity contribution in [1.82, 2.24) is 9.78 Å². The summed E-state index contributed by atoms with van der Waals surface area (Å²) in [7, 11) is 0. The molecule has 0 bridgehead atoms. The van der Waals surface area contributed by atoms with Crippen LogP contribution in [0.4, 0.5) is 0 Å². The lowest BCUT2D eigenvalue weighted by Gasteiger charge is -2.11. The molecule has 1 unspecified atom stereocenters. The second kappa shape index (κ2) is 5.01. The average molecular weight is 245 g/mol. The Morgan fingerprint density at radius 2 is 2.22 bits per heavy atom. The first-order valence-corrected chi connectivity index (χ1v) is 5.66. The van der Waals surface area contributed by atoms with E-state index >= 15 is 0 Å². The molecule has 0 radical (unpaired) electrons. The van der Waals surface area contributed by atoms with E-state index in [4.69, 9.17) is 10.8 Å². The number of para-hydroxylation sites is 1. The van der Waals surface area contributed by atoms with E-state index in [1.54, 1.807) is 10.9 Å². The molecule has 5 heteroatoms. The van der Waals surface area contributed by atoms with Crippen molar-refractivity contribution in [3.8, 4) is 5.69 Å². The van der Waals surface area contributed by atoms with Crippen molar-refractivity contribution in [3.63, 3.8) is 0 Å². The maximum Gasteiger partial charge on any atom is 0.320 e. The summed E-state index contributed by atoms with van der Waals surface area (Å²) in [6.45, 7) is 1.95. The lowest BCUT2D eigenvalue weighted by Crippen LogP contribution is -2.32. The fraction of sp³-hybridized carbons (Fsp3) is 0.231. The minimum atomic E-state index is -0.999. The molecule has 0 aliphatic carbocycles. The molecule has 3 N–H and O–H groups in total. The molecule has 0 saturated carbocycles. The summed E-state index contributed by atoms with van der Waals surface area (Å²) < 4.78 is 1.74. The number of nitrogens with two attached hydrogens (primary N) is 1. The van der Waals surface area contributed by atoms with Gasteiger partial charge in [-0.2, -0.15) is 5.10 Å². The largest absolute Gasteiger partial charge is 0.480 e. The van der Waals surface area contributed by atoms with Gasteiger partial charge in [-0.25, -0.2) is 4.68 Å². The van der Waals surface area contributed by atoms with Crippen molar-refractivity contribution in [1.29, 1.82) is 0 Å². The van der Waals surface area contributed by atoms with Crippen LogP contribution in [0.15, 0.2) is 36.7 Å². The number of rotatable bonds is 4. The van der Waals surface area contributed by atoms with Crippen LogP contribution in [0.3, 0.4) is 0 Å². The highest BCUT2D eigenvalue weighted by Crippen LogP contribution is 2.15. The molecule has 0 amide bonds. The van der Waals surface area contributed by atoms with Gasteiger partial charge in [-0.1, -0.05) is 18.2 Å². The first-order chi connectivity index (χ1) is 8.58. The number of carbonyl (C=O) groups is 1. The normalized spacial score (nSPS) is 12.3. The minimum Gasteiger partial charge on any atom is -0.480 e. The molecule has 0 aliphatic heterocycles. The van der Waals surface area contributed by atoms with Crippen molar-refractivity contribution in [2.24, 2.45) is 5.73 Å². The Morgan fingerprint density at radius 3 is 2.83 bits per heavy atom. The summed E-state index contributed by atoms with van der Waals surface area (Å²) in [6.07, 6.45) is 3.93. The van der Waals surface area contributed by atoms with Gasteiger partial charge in [0, 0.05) is 12.6 Å². The van der Waals surface area contributed by atoms with Gasteiger partial charge in [0.25, 0.3) is 0 Å². The fourth-order valence-corrected chi connectivity index (χ4v) is 1.78. The summed E-state index contributed by atoms with van der Waals surface area (Å²) in [5.41, 5.74) is 8.35. The SMILES string of the molecule is Cc1cnn(-c2ccccc2CC(N)C(=O)O)c1. The standard InChI is InChI=1S/C13H15N3O2/c1-9-7-15-16(8-9)12-5-3-2-4-10(12)6-11(14)13(17)18/h2-5,7-8,11H,6,14H2,1H3,(H,17,18). The summed E-state index contributed by atoms with van der Waals surface area (Å²) in [5.74, 6) is -0.999. The first-order valence-electron chi connectivity index (χ1n) is 5.66. The van der Waals surface area contributed by atoms with E-state index in [1.165, 1.54) is 0 Å². The van der Waals surface area contributed by atoms with Crippen LogP contribution >= 0.6 is 0 Å². The number of nitrogens with zero attached hydrogens (tertiary/aromatic N) is 2. The zero-order valence-corrected chi connectivity index (χ0v) is 10.1. The summed E-state index contributed by atoms with van der Waals surface area (Å²) in [5, 5.41) is 13.1. The maximum atomic E-state index is 10.8. The molecule has 94 valence electrons. The van der Waals surface area contributed by atoms with Gasteiger partial charge in [-0.3, -0.25) is 4.79 Å². The van der Waals surface area contributed by atoms with E-state index in [-0.39, 0.29) is 6.42 Å². The molecule has 0 saturated heterocycles. The van der Waals surface area contributed by atoms with Gasteiger partial charge in [-0.15, -0.1) is 0 Å². The average Bonchev–Trinajstić information content (AvgIpc) is 2.76. The maximum absolute atomic E-state index is 10.8. The van der Waals surface area contributed by atoms with Crippen LogP contribution in [0, 0.1) is 6.92 Å². The Morgan fingerprint density at radius 1 is 1.50 bits per heavy atom. The Kier molecular flexibility index (Phi) is 3.43. The summed E-state index contributed by atoms with van der Waals surface area (Å²) >= 11 is 0. The van der Waals surface area contributed by atoms with Crippen LogP contribution in [0.2, 0.25) is 0 Å². The summed E-state index contributed by atoms with van der Waals surface area (Å²) in [6, 6.07) is 6.63. The molecule has 1 atom stereocenters. The number of hydrogen-bond acceptors (Lipinski definition) is 3. The van der Waals surface area contributed by atoms with Crippen molar-refractivity contribution >= 4 is 5.97 Å². The molecule has 18 heavy (non-hydrogen) atoms. The number of hydrogen-bond donors (Lipinski definition) is 2. The molecule has 1 aromatic heterocycles. The monoisotopic (exact) mass is 245 g/mol. The molecule has 0 aliphatic rings. The predicted molar refractivity (Wildman–Crippen MR) is 67.6 cm³/mol. The second-order valence-corrected chi connectivity index (χ2v) is 4.24. The Labute approximate surface area is 105 Å². The van der Waals surface area contributed by atoms with E-state index in [9.17, 15) is 4.79 Å². The lowest BCUT2D eigenvalue weighted by atomic mass is 10.0. The van der Waals surface area contributed by atoms with Crippen LogP contribution in [0.25, 0.3) is 5.69 Å². The van der Waals surface area contributed by atoms with Gasteiger partial charge in [0.2, 0.25) is 0 Å². The van der Waals surface area contributed by atoms with Gasteiger partial charge in [0.05, 0.1) is 11.9 Å². The number of benzene rings is 1.